The van der Waals surface area contributed by atoms with Gasteiger partial charge in [0, 0.05) is 12.3 Å². The van der Waals surface area contributed by atoms with Gasteiger partial charge in [-0.3, -0.25) is 4.79 Å². The van der Waals surface area contributed by atoms with Gasteiger partial charge in [0.25, 0.3) is 0 Å². The normalized spacial score (nSPS) is 21.7. The van der Waals surface area contributed by atoms with Crippen LogP contribution in [0, 0.1) is 25.7 Å². The third-order valence-corrected chi connectivity index (χ3v) is 4.98. The molecule has 1 aromatic rings. The molecule has 0 heterocycles. The summed E-state index contributed by atoms with van der Waals surface area (Å²) in [5.41, 5.74) is 3.79. The van der Waals surface area contributed by atoms with Gasteiger partial charge in [-0.1, -0.05) is 58.2 Å². The molecule has 1 nitrogen and oxygen atoms in total. The lowest BCUT2D eigenvalue weighted by Gasteiger charge is -2.30. The van der Waals surface area contributed by atoms with E-state index in [4.69, 9.17) is 0 Å². The minimum absolute atomic E-state index is 0. The Hall–Kier alpha value is -1.11. The van der Waals surface area contributed by atoms with E-state index in [1.165, 1.54) is 48.8 Å². The molecule has 0 saturated heterocycles. The van der Waals surface area contributed by atoms with Crippen LogP contribution in [0.4, 0.5) is 0 Å². The van der Waals surface area contributed by atoms with Crippen molar-refractivity contribution in [3.8, 4) is 0 Å². The Morgan fingerprint density at radius 1 is 1.14 bits per heavy atom. The summed E-state index contributed by atoms with van der Waals surface area (Å²) in [6.45, 7) is 6.49. The summed E-state index contributed by atoms with van der Waals surface area (Å²) in [4.78, 5) is 12.8. The molecule has 0 amide bonds. The summed E-state index contributed by atoms with van der Waals surface area (Å²) in [5.74, 6) is 1.45. The molecule has 2 rings (SSSR count). The first-order chi connectivity index (χ1) is 9.63. The highest BCUT2D eigenvalue weighted by Crippen LogP contribution is 2.34. The number of benzene rings is 1. The molecular weight excluding hydrogens is 256 g/mol. The van der Waals surface area contributed by atoms with Gasteiger partial charge in [0.1, 0.15) is 5.78 Å². The van der Waals surface area contributed by atoms with E-state index < -0.39 is 0 Å². The summed E-state index contributed by atoms with van der Waals surface area (Å²) >= 11 is 0. The zero-order valence-corrected chi connectivity index (χ0v) is 13.2. The van der Waals surface area contributed by atoms with Gasteiger partial charge >= 0.3 is 0 Å². The summed E-state index contributed by atoms with van der Waals surface area (Å²) in [6.07, 6.45) is 8.01. The van der Waals surface area contributed by atoms with E-state index in [9.17, 15) is 4.79 Å². The Morgan fingerprint density at radius 3 is 2.38 bits per heavy atom. The molecule has 0 N–H and O–H groups in total. The molecule has 0 aromatic heterocycles. The maximum atomic E-state index is 12.8. The lowest BCUT2D eigenvalue weighted by Crippen LogP contribution is -2.28. The molecule has 0 bridgehead atoms. The van der Waals surface area contributed by atoms with Gasteiger partial charge in [-0.15, -0.1) is 0 Å². The van der Waals surface area contributed by atoms with Gasteiger partial charge in [-0.25, -0.2) is 0 Å². The fourth-order valence-corrected chi connectivity index (χ4v) is 3.78. The van der Waals surface area contributed by atoms with Gasteiger partial charge in [0.05, 0.1) is 0 Å². The predicted molar refractivity (Wildman–Crippen MR) is 91.7 cm³/mol. The van der Waals surface area contributed by atoms with Crippen LogP contribution < -0.4 is 0 Å². The first-order valence-electron chi connectivity index (χ1n) is 8.21. The molecule has 0 aliphatic heterocycles. The predicted octanol–water partition coefficient (Wildman–Crippen LogP) is 5.66. The van der Waals surface area contributed by atoms with Crippen LogP contribution in [0.15, 0.2) is 18.2 Å². The van der Waals surface area contributed by atoms with E-state index in [0.717, 1.165) is 6.42 Å². The van der Waals surface area contributed by atoms with Crippen LogP contribution in [0.3, 0.4) is 0 Å². The average Bonchev–Trinajstić information content (AvgIpc) is 2.44. The fraction of sp³-hybridized carbons (Fsp3) is 0.650. The minimum atomic E-state index is 0. The second-order valence-electron chi connectivity index (χ2n) is 6.45. The summed E-state index contributed by atoms with van der Waals surface area (Å²) in [5, 5.41) is 0. The SMILES string of the molecule is C.CCCC1CCCC[C@H]1C(=O)Cc1c(C)cccc1C. The highest BCUT2D eigenvalue weighted by Gasteiger charge is 2.30. The molecule has 1 aliphatic rings. The van der Waals surface area contributed by atoms with E-state index in [1.54, 1.807) is 0 Å². The Labute approximate surface area is 131 Å². The number of hydrogen-bond donors (Lipinski definition) is 0. The van der Waals surface area contributed by atoms with Crippen LogP contribution in [0.2, 0.25) is 0 Å². The van der Waals surface area contributed by atoms with Crippen LogP contribution in [0.25, 0.3) is 0 Å². The fourth-order valence-electron chi connectivity index (χ4n) is 3.78. The molecule has 1 heteroatoms. The largest absolute Gasteiger partial charge is 0.299 e. The van der Waals surface area contributed by atoms with Gasteiger partial charge in [0.2, 0.25) is 0 Å². The van der Waals surface area contributed by atoms with Gasteiger partial charge in [-0.05, 0) is 49.3 Å². The molecule has 21 heavy (non-hydrogen) atoms. The van der Waals surface area contributed by atoms with Crippen molar-refractivity contribution in [3.05, 3.63) is 34.9 Å². The van der Waals surface area contributed by atoms with Crippen LogP contribution >= 0.6 is 0 Å². The van der Waals surface area contributed by atoms with Gasteiger partial charge in [-0.2, -0.15) is 0 Å². The second-order valence-corrected chi connectivity index (χ2v) is 6.45. The van der Waals surface area contributed by atoms with E-state index >= 15 is 0 Å². The van der Waals surface area contributed by atoms with Gasteiger partial charge < -0.3 is 0 Å². The maximum absolute atomic E-state index is 12.8. The van der Waals surface area contributed by atoms with Crippen molar-refractivity contribution >= 4 is 5.78 Å². The number of rotatable bonds is 5. The number of Topliss-reactive ketones (excluding diaryl/α,β-unsaturated/α-hetero) is 1. The zero-order chi connectivity index (χ0) is 14.5. The summed E-state index contributed by atoms with van der Waals surface area (Å²) in [7, 11) is 0. The van der Waals surface area contributed by atoms with E-state index in [2.05, 4.69) is 39.0 Å². The van der Waals surface area contributed by atoms with Crippen molar-refractivity contribution in [1.82, 2.24) is 0 Å². The van der Waals surface area contributed by atoms with Crippen LogP contribution in [-0.2, 0) is 11.2 Å². The highest BCUT2D eigenvalue weighted by atomic mass is 16.1. The Morgan fingerprint density at radius 2 is 1.76 bits per heavy atom. The van der Waals surface area contributed by atoms with Crippen molar-refractivity contribution < 1.29 is 4.79 Å². The van der Waals surface area contributed by atoms with Gasteiger partial charge in [0.15, 0.2) is 0 Å². The van der Waals surface area contributed by atoms with Crippen LogP contribution in [-0.4, -0.2) is 5.78 Å². The van der Waals surface area contributed by atoms with Crippen molar-refractivity contribution in [2.24, 2.45) is 11.8 Å². The molecule has 2 atom stereocenters. The van der Waals surface area contributed by atoms with E-state index in [-0.39, 0.29) is 7.43 Å². The molecule has 1 saturated carbocycles. The molecule has 1 aromatic carbocycles. The highest BCUT2D eigenvalue weighted by molar-refractivity contribution is 5.84. The molecule has 118 valence electrons. The number of ketones is 1. The van der Waals surface area contributed by atoms with Crippen molar-refractivity contribution in [3.63, 3.8) is 0 Å². The lowest BCUT2D eigenvalue weighted by atomic mass is 9.73. The summed E-state index contributed by atoms with van der Waals surface area (Å²) < 4.78 is 0. The first kappa shape index (κ1) is 17.9. The third-order valence-electron chi connectivity index (χ3n) is 4.98. The number of hydrogen-bond acceptors (Lipinski definition) is 1. The van der Waals surface area contributed by atoms with Crippen molar-refractivity contribution in [1.29, 1.82) is 0 Å². The Kier molecular flexibility index (Phi) is 7.14. The van der Waals surface area contributed by atoms with E-state index in [1.807, 2.05) is 0 Å². The standard InChI is InChI=1S/C19H28O.CH4/c1-4-8-16-11-5-6-12-17(16)19(20)13-18-14(2)9-7-10-15(18)3;/h7,9-10,16-17H,4-6,8,11-13H2,1-3H3;1H4/t16?,17-;/m1./s1. The molecule has 1 aliphatic carbocycles. The van der Waals surface area contributed by atoms with E-state index in [0.29, 0.717) is 24.0 Å². The van der Waals surface area contributed by atoms with Crippen molar-refractivity contribution in [2.45, 2.75) is 73.1 Å². The Bertz CT molecular complexity index is 439. The number of carbonyl (C=O) groups is 1. The minimum Gasteiger partial charge on any atom is -0.299 e. The summed E-state index contributed by atoms with van der Waals surface area (Å²) in [6, 6.07) is 6.33. The third kappa shape index (κ3) is 4.43. The molecule has 0 radical (unpaired) electrons. The first-order valence-corrected chi connectivity index (χ1v) is 8.21. The average molecular weight is 288 g/mol. The maximum Gasteiger partial charge on any atom is 0.140 e. The molecule has 1 fully saturated rings. The molecular formula is C20H32O. The van der Waals surface area contributed by atoms with Crippen molar-refractivity contribution in [2.75, 3.05) is 0 Å². The topological polar surface area (TPSA) is 17.1 Å². The number of carbonyl (C=O) groups excluding carboxylic acids is 1. The smallest absolute Gasteiger partial charge is 0.140 e. The molecule has 0 spiro atoms. The van der Waals surface area contributed by atoms with Crippen LogP contribution in [0.1, 0.15) is 69.6 Å². The zero-order valence-electron chi connectivity index (χ0n) is 13.2. The quantitative estimate of drug-likeness (QED) is 0.683. The lowest BCUT2D eigenvalue weighted by molar-refractivity contribution is -0.125. The monoisotopic (exact) mass is 288 g/mol. The van der Waals surface area contributed by atoms with Crippen LogP contribution in [0.5, 0.6) is 0 Å². The number of aryl methyl sites for hydroxylation is 2. The Balaban J connectivity index is 0.00000220. The second kappa shape index (κ2) is 8.36. The molecule has 1 unspecified atom stereocenters.